The van der Waals surface area contributed by atoms with Crippen molar-refractivity contribution in [2.24, 2.45) is 0 Å². The molecule has 0 bridgehead atoms. The lowest BCUT2D eigenvalue weighted by Gasteiger charge is -2.22. The highest BCUT2D eigenvalue weighted by atomic mass is 19.3. The topological polar surface area (TPSA) is 58.6 Å². The van der Waals surface area contributed by atoms with Gasteiger partial charge < -0.3 is 10.1 Å². The summed E-state index contributed by atoms with van der Waals surface area (Å²) >= 11 is 0. The Labute approximate surface area is 127 Å². The van der Waals surface area contributed by atoms with Crippen LogP contribution in [0.1, 0.15) is 32.3 Å². The summed E-state index contributed by atoms with van der Waals surface area (Å²) in [5, 5.41) is 2.66. The summed E-state index contributed by atoms with van der Waals surface area (Å²) < 4.78 is 28.6. The number of ether oxygens (including phenoxy) is 1. The minimum absolute atomic E-state index is 0.00182. The second kappa shape index (κ2) is 6.29. The van der Waals surface area contributed by atoms with Crippen LogP contribution in [0.2, 0.25) is 0 Å². The van der Waals surface area contributed by atoms with Crippen LogP contribution in [0.4, 0.5) is 13.6 Å². The molecule has 1 N–H and O–H groups in total. The molecule has 0 aliphatic carbocycles. The molecule has 3 amide bonds. The van der Waals surface area contributed by atoms with E-state index < -0.39 is 18.2 Å². The van der Waals surface area contributed by atoms with Crippen LogP contribution in [-0.4, -0.2) is 30.0 Å². The SMILES string of the molecule is CCCCN1C(=O)N[C@](C)(c2ccc(OC(F)F)cc2)C1=O. The van der Waals surface area contributed by atoms with E-state index in [-0.39, 0.29) is 11.7 Å². The van der Waals surface area contributed by atoms with Gasteiger partial charge in [0.05, 0.1) is 0 Å². The molecule has 120 valence electrons. The van der Waals surface area contributed by atoms with Crippen molar-refractivity contribution in [2.45, 2.75) is 38.8 Å². The van der Waals surface area contributed by atoms with Crippen molar-refractivity contribution >= 4 is 11.9 Å². The quantitative estimate of drug-likeness (QED) is 0.822. The molecule has 0 aromatic heterocycles. The molecule has 1 saturated heterocycles. The van der Waals surface area contributed by atoms with E-state index in [2.05, 4.69) is 10.1 Å². The first-order valence-electron chi connectivity index (χ1n) is 7.08. The number of hydrogen-bond acceptors (Lipinski definition) is 3. The maximum Gasteiger partial charge on any atom is 0.387 e. The summed E-state index contributed by atoms with van der Waals surface area (Å²) in [5.74, 6) is -0.338. The number of alkyl halides is 2. The van der Waals surface area contributed by atoms with Crippen LogP contribution < -0.4 is 10.1 Å². The number of nitrogens with zero attached hydrogens (tertiary/aromatic N) is 1. The zero-order chi connectivity index (χ0) is 16.3. The van der Waals surface area contributed by atoms with Gasteiger partial charge >= 0.3 is 12.6 Å². The molecule has 1 fully saturated rings. The van der Waals surface area contributed by atoms with Crippen LogP contribution in [0.5, 0.6) is 5.75 Å². The number of carbonyl (C=O) groups is 2. The summed E-state index contributed by atoms with van der Waals surface area (Å²) in [6.45, 7) is 1.03. The van der Waals surface area contributed by atoms with Crippen molar-refractivity contribution < 1.29 is 23.1 Å². The van der Waals surface area contributed by atoms with E-state index in [1.165, 1.54) is 29.2 Å². The highest BCUT2D eigenvalue weighted by Crippen LogP contribution is 2.30. The fourth-order valence-corrected chi connectivity index (χ4v) is 2.38. The number of amides is 3. The predicted octanol–water partition coefficient (Wildman–Crippen LogP) is 2.86. The molecule has 5 nitrogen and oxygen atoms in total. The molecule has 0 saturated carbocycles. The van der Waals surface area contributed by atoms with Crippen molar-refractivity contribution in [1.82, 2.24) is 10.2 Å². The number of imide groups is 1. The summed E-state index contributed by atoms with van der Waals surface area (Å²) in [5.41, 5.74) is -0.666. The van der Waals surface area contributed by atoms with Crippen molar-refractivity contribution in [1.29, 1.82) is 0 Å². The number of halogens is 2. The van der Waals surface area contributed by atoms with E-state index in [1.54, 1.807) is 6.92 Å². The second-order valence-corrected chi connectivity index (χ2v) is 5.27. The minimum atomic E-state index is -2.90. The van der Waals surface area contributed by atoms with Crippen LogP contribution in [0, 0.1) is 0 Å². The Bertz CT molecular complexity index is 562. The van der Waals surface area contributed by atoms with Gasteiger partial charge in [-0.2, -0.15) is 8.78 Å². The van der Waals surface area contributed by atoms with E-state index in [0.717, 1.165) is 12.8 Å². The third-order valence-corrected chi connectivity index (χ3v) is 3.67. The molecular formula is C15H18F2N2O3. The standard InChI is InChI=1S/C15H18F2N2O3/c1-3-4-9-19-12(20)15(2,18-14(19)21)10-5-7-11(8-6-10)22-13(16)17/h5-8,13H,3-4,9H2,1-2H3,(H,18,21)/t15-/m1/s1. The summed E-state index contributed by atoms with van der Waals surface area (Å²) in [6.07, 6.45) is 1.60. The van der Waals surface area contributed by atoms with Crippen LogP contribution in [0.25, 0.3) is 0 Å². The van der Waals surface area contributed by atoms with Crippen molar-refractivity contribution in [3.63, 3.8) is 0 Å². The molecule has 1 aromatic carbocycles. The number of unbranched alkanes of at least 4 members (excludes halogenated alkanes) is 1. The van der Waals surface area contributed by atoms with Gasteiger partial charge in [0, 0.05) is 6.54 Å². The highest BCUT2D eigenvalue weighted by Gasteiger charge is 2.48. The molecule has 1 aliphatic heterocycles. The molecular weight excluding hydrogens is 294 g/mol. The van der Waals surface area contributed by atoms with Gasteiger partial charge in [-0.05, 0) is 31.0 Å². The van der Waals surface area contributed by atoms with Gasteiger partial charge in [-0.3, -0.25) is 9.69 Å². The Morgan fingerprint density at radius 3 is 2.45 bits per heavy atom. The van der Waals surface area contributed by atoms with Crippen molar-refractivity contribution in [2.75, 3.05) is 6.54 Å². The van der Waals surface area contributed by atoms with E-state index >= 15 is 0 Å². The number of rotatable bonds is 6. The van der Waals surface area contributed by atoms with Crippen LogP contribution in [0.15, 0.2) is 24.3 Å². The van der Waals surface area contributed by atoms with Crippen LogP contribution in [0.3, 0.4) is 0 Å². The molecule has 0 unspecified atom stereocenters. The maximum atomic E-state index is 12.5. The zero-order valence-electron chi connectivity index (χ0n) is 12.4. The summed E-state index contributed by atoms with van der Waals surface area (Å²) in [4.78, 5) is 25.6. The third-order valence-electron chi connectivity index (χ3n) is 3.67. The Morgan fingerprint density at radius 1 is 1.27 bits per heavy atom. The Morgan fingerprint density at radius 2 is 1.91 bits per heavy atom. The van der Waals surface area contributed by atoms with E-state index in [1.807, 2.05) is 6.92 Å². The number of benzene rings is 1. The number of hydrogen-bond donors (Lipinski definition) is 1. The van der Waals surface area contributed by atoms with E-state index in [9.17, 15) is 18.4 Å². The summed E-state index contributed by atoms with van der Waals surface area (Å²) in [7, 11) is 0. The van der Waals surface area contributed by atoms with Gasteiger partial charge in [-0.15, -0.1) is 0 Å². The average Bonchev–Trinajstić information content (AvgIpc) is 2.68. The Hall–Kier alpha value is -2.18. The van der Waals surface area contributed by atoms with Crippen LogP contribution in [-0.2, 0) is 10.3 Å². The first-order valence-corrected chi connectivity index (χ1v) is 7.08. The predicted molar refractivity (Wildman–Crippen MR) is 75.6 cm³/mol. The zero-order valence-corrected chi connectivity index (χ0v) is 12.4. The average molecular weight is 312 g/mol. The molecule has 22 heavy (non-hydrogen) atoms. The second-order valence-electron chi connectivity index (χ2n) is 5.27. The van der Waals surface area contributed by atoms with E-state index in [4.69, 9.17) is 0 Å². The molecule has 0 radical (unpaired) electrons. The minimum Gasteiger partial charge on any atom is -0.435 e. The number of urea groups is 1. The van der Waals surface area contributed by atoms with E-state index in [0.29, 0.717) is 12.1 Å². The fraction of sp³-hybridized carbons (Fsp3) is 0.467. The van der Waals surface area contributed by atoms with Crippen molar-refractivity contribution in [3.05, 3.63) is 29.8 Å². The van der Waals surface area contributed by atoms with Gasteiger partial charge in [0.15, 0.2) is 0 Å². The van der Waals surface area contributed by atoms with Crippen molar-refractivity contribution in [3.8, 4) is 5.75 Å². The Balaban J connectivity index is 2.20. The fourth-order valence-electron chi connectivity index (χ4n) is 2.38. The third kappa shape index (κ3) is 3.03. The lowest BCUT2D eigenvalue weighted by molar-refractivity contribution is -0.131. The smallest absolute Gasteiger partial charge is 0.387 e. The number of nitrogens with one attached hydrogen (secondary N) is 1. The molecule has 0 spiro atoms. The molecule has 1 aromatic rings. The van der Waals surface area contributed by atoms with Gasteiger partial charge in [-0.25, -0.2) is 4.79 Å². The molecule has 7 heteroatoms. The monoisotopic (exact) mass is 312 g/mol. The largest absolute Gasteiger partial charge is 0.435 e. The lowest BCUT2D eigenvalue weighted by atomic mass is 9.92. The molecule has 1 aliphatic rings. The summed E-state index contributed by atoms with van der Waals surface area (Å²) in [6, 6.07) is 5.26. The van der Waals surface area contributed by atoms with Crippen LogP contribution >= 0.6 is 0 Å². The van der Waals surface area contributed by atoms with Gasteiger partial charge in [-0.1, -0.05) is 25.5 Å². The van der Waals surface area contributed by atoms with Gasteiger partial charge in [0.2, 0.25) is 0 Å². The molecule has 1 heterocycles. The number of carbonyl (C=O) groups excluding carboxylic acids is 2. The molecule has 2 rings (SSSR count). The maximum absolute atomic E-state index is 12.5. The molecule has 1 atom stereocenters. The Kier molecular flexibility index (Phi) is 4.63. The first kappa shape index (κ1) is 16.2. The first-order chi connectivity index (χ1) is 10.4. The normalized spacial score (nSPS) is 21.4. The highest BCUT2D eigenvalue weighted by molar-refractivity contribution is 6.07. The van der Waals surface area contributed by atoms with Gasteiger partial charge in [0.1, 0.15) is 11.3 Å². The van der Waals surface area contributed by atoms with Gasteiger partial charge in [0.25, 0.3) is 5.91 Å². The lowest BCUT2D eigenvalue weighted by Crippen LogP contribution is -2.41.